The lowest BCUT2D eigenvalue weighted by Crippen LogP contribution is -2.36. The molecular formula is C14H16FNO3. The molecular weight excluding hydrogens is 249 g/mol. The molecule has 0 aromatic heterocycles. The number of likely N-dealkylation sites (tertiary alicyclic amines) is 1. The second-order valence-corrected chi connectivity index (χ2v) is 4.86. The summed E-state index contributed by atoms with van der Waals surface area (Å²) < 4.78 is 13.2. The first-order chi connectivity index (χ1) is 8.99. The number of carboxylic acids is 1. The molecule has 2 rings (SSSR count). The van der Waals surface area contributed by atoms with Crippen LogP contribution in [-0.2, 0) is 4.79 Å². The molecule has 1 aromatic rings. The van der Waals surface area contributed by atoms with Crippen molar-refractivity contribution in [3.8, 4) is 0 Å². The van der Waals surface area contributed by atoms with Gasteiger partial charge in [-0.3, -0.25) is 9.59 Å². The molecule has 1 aromatic carbocycles. The molecule has 1 aliphatic heterocycles. The van der Waals surface area contributed by atoms with Crippen LogP contribution in [0.25, 0.3) is 0 Å². The number of nitrogens with zero attached hydrogens (tertiary/aromatic N) is 1. The van der Waals surface area contributed by atoms with E-state index in [4.69, 9.17) is 5.11 Å². The molecule has 0 saturated carbocycles. The Hall–Kier alpha value is -1.91. The van der Waals surface area contributed by atoms with E-state index in [2.05, 4.69) is 0 Å². The lowest BCUT2D eigenvalue weighted by atomic mass is 10.1. The molecule has 1 aliphatic rings. The van der Waals surface area contributed by atoms with Gasteiger partial charge in [-0.15, -0.1) is 0 Å². The van der Waals surface area contributed by atoms with Crippen LogP contribution < -0.4 is 0 Å². The van der Waals surface area contributed by atoms with Crippen molar-refractivity contribution in [1.29, 1.82) is 0 Å². The molecule has 5 heteroatoms. The second-order valence-electron chi connectivity index (χ2n) is 4.86. The van der Waals surface area contributed by atoms with Crippen LogP contribution in [0.5, 0.6) is 0 Å². The van der Waals surface area contributed by atoms with Gasteiger partial charge in [-0.2, -0.15) is 0 Å². The summed E-state index contributed by atoms with van der Waals surface area (Å²) in [5.41, 5.74) is 0.830. The van der Waals surface area contributed by atoms with E-state index in [1.807, 2.05) is 0 Å². The smallest absolute Gasteiger partial charge is 0.305 e. The van der Waals surface area contributed by atoms with Crippen LogP contribution in [0.3, 0.4) is 0 Å². The van der Waals surface area contributed by atoms with Crippen molar-refractivity contribution in [1.82, 2.24) is 4.90 Å². The predicted molar refractivity (Wildman–Crippen MR) is 67.4 cm³/mol. The standard InChI is InChI=1S/C14H16FNO3/c1-9-7-10(4-5-12(9)15)14(19)16-6-2-3-11(16)8-13(17)18/h4-5,7,11H,2-3,6,8H2,1H3,(H,17,18). The Morgan fingerprint density at radius 3 is 2.84 bits per heavy atom. The first-order valence-electron chi connectivity index (χ1n) is 6.28. The maximum absolute atomic E-state index is 13.2. The number of hydrogen-bond acceptors (Lipinski definition) is 2. The minimum absolute atomic E-state index is 0.0358. The third kappa shape index (κ3) is 2.92. The van der Waals surface area contributed by atoms with Gasteiger partial charge in [-0.05, 0) is 43.5 Å². The van der Waals surface area contributed by atoms with Gasteiger partial charge in [-0.1, -0.05) is 0 Å². The van der Waals surface area contributed by atoms with Crippen molar-refractivity contribution < 1.29 is 19.1 Å². The summed E-state index contributed by atoms with van der Waals surface area (Å²) >= 11 is 0. The number of halogens is 1. The van der Waals surface area contributed by atoms with Gasteiger partial charge in [0.05, 0.1) is 6.42 Å². The summed E-state index contributed by atoms with van der Waals surface area (Å²) in [5, 5.41) is 8.84. The summed E-state index contributed by atoms with van der Waals surface area (Å²) in [6.45, 7) is 2.16. The molecule has 0 aliphatic carbocycles. The fourth-order valence-corrected chi connectivity index (χ4v) is 2.46. The monoisotopic (exact) mass is 265 g/mol. The summed E-state index contributed by atoms with van der Waals surface area (Å²) in [6.07, 6.45) is 1.48. The van der Waals surface area contributed by atoms with Gasteiger partial charge < -0.3 is 10.0 Å². The molecule has 1 atom stereocenters. The largest absolute Gasteiger partial charge is 0.481 e. The number of amides is 1. The zero-order valence-electron chi connectivity index (χ0n) is 10.7. The zero-order chi connectivity index (χ0) is 14.0. The number of rotatable bonds is 3. The molecule has 1 fully saturated rings. The summed E-state index contributed by atoms with van der Waals surface area (Å²) in [7, 11) is 0. The van der Waals surface area contributed by atoms with Gasteiger partial charge >= 0.3 is 5.97 Å². The van der Waals surface area contributed by atoms with Gasteiger partial charge in [0.15, 0.2) is 0 Å². The predicted octanol–water partition coefficient (Wildman–Crippen LogP) is 2.21. The highest BCUT2D eigenvalue weighted by molar-refractivity contribution is 5.95. The van der Waals surface area contributed by atoms with E-state index in [1.165, 1.54) is 18.2 Å². The molecule has 0 bridgehead atoms. The van der Waals surface area contributed by atoms with Gasteiger partial charge in [0, 0.05) is 18.2 Å². The fourth-order valence-electron chi connectivity index (χ4n) is 2.46. The van der Waals surface area contributed by atoms with E-state index in [1.54, 1.807) is 11.8 Å². The van der Waals surface area contributed by atoms with Crippen molar-refractivity contribution in [3.63, 3.8) is 0 Å². The minimum Gasteiger partial charge on any atom is -0.481 e. The molecule has 1 unspecified atom stereocenters. The SMILES string of the molecule is Cc1cc(C(=O)N2CCCC2CC(=O)O)ccc1F. The van der Waals surface area contributed by atoms with E-state index >= 15 is 0 Å². The first kappa shape index (κ1) is 13.5. The number of aliphatic carboxylic acids is 1. The van der Waals surface area contributed by atoms with Crippen LogP contribution in [0.2, 0.25) is 0 Å². The van der Waals surface area contributed by atoms with Gasteiger partial charge in [0.25, 0.3) is 5.91 Å². The Morgan fingerprint density at radius 2 is 2.21 bits per heavy atom. The molecule has 1 amide bonds. The topological polar surface area (TPSA) is 57.6 Å². The number of hydrogen-bond donors (Lipinski definition) is 1. The number of carbonyl (C=O) groups is 2. The zero-order valence-corrected chi connectivity index (χ0v) is 10.7. The van der Waals surface area contributed by atoms with Gasteiger partial charge in [-0.25, -0.2) is 4.39 Å². The van der Waals surface area contributed by atoms with E-state index in [0.29, 0.717) is 24.1 Å². The third-order valence-electron chi connectivity index (χ3n) is 3.45. The van der Waals surface area contributed by atoms with Crippen LogP contribution in [0.15, 0.2) is 18.2 Å². The van der Waals surface area contributed by atoms with Crippen LogP contribution in [0.1, 0.15) is 35.2 Å². The van der Waals surface area contributed by atoms with Crippen molar-refractivity contribution in [2.45, 2.75) is 32.2 Å². The molecule has 0 radical (unpaired) electrons. The van der Waals surface area contributed by atoms with Crippen LogP contribution >= 0.6 is 0 Å². The quantitative estimate of drug-likeness (QED) is 0.911. The maximum atomic E-state index is 13.2. The molecule has 0 spiro atoms. The van der Waals surface area contributed by atoms with E-state index < -0.39 is 5.97 Å². The molecule has 1 heterocycles. The Balaban J connectivity index is 2.18. The Bertz CT molecular complexity index is 515. The maximum Gasteiger partial charge on any atom is 0.305 e. The van der Waals surface area contributed by atoms with Crippen molar-refractivity contribution in [3.05, 3.63) is 35.1 Å². The summed E-state index contributed by atoms with van der Waals surface area (Å²) in [5.74, 6) is -1.47. The highest BCUT2D eigenvalue weighted by Crippen LogP contribution is 2.23. The van der Waals surface area contributed by atoms with Gasteiger partial charge in [0.2, 0.25) is 0 Å². The number of aryl methyl sites for hydroxylation is 1. The summed E-state index contributed by atoms with van der Waals surface area (Å²) in [4.78, 5) is 24.7. The molecule has 19 heavy (non-hydrogen) atoms. The molecule has 102 valence electrons. The van der Waals surface area contributed by atoms with Crippen LogP contribution in [0, 0.1) is 12.7 Å². The molecule has 1 N–H and O–H groups in total. The number of benzene rings is 1. The average molecular weight is 265 g/mol. The average Bonchev–Trinajstić information content (AvgIpc) is 2.79. The van der Waals surface area contributed by atoms with Crippen LogP contribution in [0.4, 0.5) is 4.39 Å². The fraction of sp³-hybridized carbons (Fsp3) is 0.429. The normalized spacial score (nSPS) is 18.6. The lowest BCUT2D eigenvalue weighted by Gasteiger charge is -2.23. The Kier molecular flexibility index (Phi) is 3.83. The Labute approximate surface area is 110 Å². The van der Waals surface area contributed by atoms with Crippen molar-refractivity contribution in [2.75, 3.05) is 6.54 Å². The minimum atomic E-state index is -0.903. The Morgan fingerprint density at radius 1 is 1.47 bits per heavy atom. The van der Waals surface area contributed by atoms with Crippen molar-refractivity contribution in [2.24, 2.45) is 0 Å². The van der Waals surface area contributed by atoms with E-state index in [0.717, 1.165) is 6.42 Å². The molecule has 4 nitrogen and oxygen atoms in total. The first-order valence-corrected chi connectivity index (χ1v) is 6.28. The highest BCUT2D eigenvalue weighted by atomic mass is 19.1. The van der Waals surface area contributed by atoms with E-state index in [-0.39, 0.29) is 24.2 Å². The summed E-state index contributed by atoms with van der Waals surface area (Å²) in [6, 6.07) is 3.97. The lowest BCUT2D eigenvalue weighted by molar-refractivity contribution is -0.137. The van der Waals surface area contributed by atoms with Crippen LogP contribution in [-0.4, -0.2) is 34.5 Å². The highest BCUT2D eigenvalue weighted by Gasteiger charge is 2.30. The third-order valence-corrected chi connectivity index (χ3v) is 3.45. The number of carbonyl (C=O) groups excluding carboxylic acids is 1. The van der Waals surface area contributed by atoms with Gasteiger partial charge in [0.1, 0.15) is 5.82 Å². The van der Waals surface area contributed by atoms with Crippen molar-refractivity contribution >= 4 is 11.9 Å². The van der Waals surface area contributed by atoms with E-state index in [9.17, 15) is 14.0 Å². The molecule has 1 saturated heterocycles. The second kappa shape index (κ2) is 5.38. The number of carboxylic acid groups (broad SMARTS) is 1.